The highest BCUT2D eigenvalue weighted by molar-refractivity contribution is 9.09. The number of hydrogen-bond donors (Lipinski definition) is 0. The van der Waals surface area contributed by atoms with E-state index < -0.39 is 22.4 Å². The Hall–Kier alpha value is -0.780. The Balaban J connectivity index is 2.48. The summed E-state index contributed by atoms with van der Waals surface area (Å²) in [5.41, 5.74) is -0.921. The summed E-state index contributed by atoms with van der Waals surface area (Å²) in [6, 6.07) is 7.68. The lowest BCUT2D eigenvalue weighted by Gasteiger charge is -2.16. The summed E-state index contributed by atoms with van der Waals surface area (Å²) in [6.45, 7) is 0. The summed E-state index contributed by atoms with van der Waals surface area (Å²) in [5.74, 6) is -1.31. The number of halogens is 7. The molecule has 0 aliphatic carbocycles. The highest BCUT2D eigenvalue weighted by Crippen LogP contribution is 2.39. The van der Waals surface area contributed by atoms with Gasteiger partial charge < -0.3 is 0 Å². The number of rotatable bonds is 2. The second-order valence-corrected chi connectivity index (χ2v) is 5.97. The molecule has 0 bridgehead atoms. The van der Waals surface area contributed by atoms with Crippen LogP contribution in [0.3, 0.4) is 0 Å². The maximum absolute atomic E-state index is 14.1. The molecule has 0 radical (unpaired) electrons. The fourth-order valence-electron chi connectivity index (χ4n) is 1.81. The fraction of sp³-hybridized carbons (Fsp3) is 0.143. The maximum Gasteiger partial charge on any atom is 0.419 e. The van der Waals surface area contributed by atoms with Crippen LogP contribution >= 0.6 is 39.1 Å². The number of benzene rings is 2. The Morgan fingerprint density at radius 2 is 1.67 bits per heavy atom. The fourth-order valence-corrected chi connectivity index (χ4v) is 2.76. The van der Waals surface area contributed by atoms with Gasteiger partial charge in [-0.15, -0.1) is 0 Å². The minimum Gasteiger partial charge on any atom is -0.206 e. The van der Waals surface area contributed by atoms with Crippen molar-refractivity contribution in [2.24, 2.45) is 0 Å². The molecule has 2 aromatic carbocycles. The van der Waals surface area contributed by atoms with Crippen molar-refractivity contribution in [2.45, 2.75) is 11.0 Å². The Labute approximate surface area is 136 Å². The van der Waals surface area contributed by atoms with Crippen molar-refractivity contribution in [3.8, 4) is 0 Å². The molecular formula is C14H7BrCl2F4. The van der Waals surface area contributed by atoms with Gasteiger partial charge in [0.25, 0.3) is 0 Å². The zero-order chi connectivity index (χ0) is 15.8. The first kappa shape index (κ1) is 16.6. The van der Waals surface area contributed by atoms with E-state index in [0.29, 0.717) is 16.7 Å². The van der Waals surface area contributed by atoms with Gasteiger partial charge in [-0.2, -0.15) is 13.2 Å². The molecule has 0 aromatic heterocycles. The van der Waals surface area contributed by atoms with Crippen LogP contribution in [0.15, 0.2) is 36.4 Å². The SMILES string of the molecule is Fc1c(C(Br)c2ccc(Cl)c(Cl)c2)cccc1C(F)(F)F. The largest absolute Gasteiger partial charge is 0.419 e. The van der Waals surface area contributed by atoms with Crippen LogP contribution in [0.2, 0.25) is 10.0 Å². The average molecular weight is 402 g/mol. The van der Waals surface area contributed by atoms with Gasteiger partial charge in [-0.1, -0.05) is 57.3 Å². The lowest BCUT2D eigenvalue weighted by Crippen LogP contribution is -2.10. The third-order valence-corrected chi connectivity index (χ3v) is 4.60. The van der Waals surface area contributed by atoms with E-state index in [1.165, 1.54) is 18.2 Å². The van der Waals surface area contributed by atoms with Gasteiger partial charge in [0.2, 0.25) is 0 Å². The van der Waals surface area contributed by atoms with E-state index in [-0.39, 0.29) is 10.6 Å². The molecule has 112 valence electrons. The molecule has 2 rings (SSSR count). The second-order valence-electron chi connectivity index (χ2n) is 4.24. The van der Waals surface area contributed by atoms with Crippen molar-refractivity contribution in [2.75, 3.05) is 0 Å². The van der Waals surface area contributed by atoms with Crippen LogP contribution < -0.4 is 0 Å². The summed E-state index contributed by atoms with van der Waals surface area (Å²) in [6.07, 6.45) is -4.75. The first-order chi connectivity index (χ1) is 9.71. The topological polar surface area (TPSA) is 0 Å². The number of alkyl halides is 4. The Morgan fingerprint density at radius 1 is 1.00 bits per heavy atom. The van der Waals surface area contributed by atoms with Gasteiger partial charge in [-0.05, 0) is 23.8 Å². The molecule has 1 atom stereocenters. The van der Waals surface area contributed by atoms with Crippen LogP contribution in [0.25, 0.3) is 0 Å². The monoisotopic (exact) mass is 400 g/mol. The van der Waals surface area contributed by atoms with Gasteiger partial charge in [0.15, 0.2) is 0 Å². The average Bonchev–Trinajstić information content (AvgIpc) is 2.40. The third-order valence-electron chi connectivity index (χ3n) is 2.84. The normalized spacial score (nSPS) is 13.3. The predicted octanol–water partition coefficient (Wildman–Crippen LogP) is 6.64. The molecule has 0 aliphatic heterocycles. The van der Waals surface area contributed by atoms with Crippen LogP contribution in [0, 0.1) is 5.82 Å². The Morgan fingerprint density at radius 3 is 2.24 bits per heavy atom. The van der Waals surface area contributed by atoms with Gasteiger partial charge in [-0.25, -0.2) is 4.39 Å². The molecule has 7 heteroatoms. The number of hydrogen-bond acceptors (Lipinski definition) is 0. The molecule has 0 amide bonds. The van der Waals surface area contributed by atoms with E-state index in [2.05, 4.69) is 15.9 Å². The molecule has 0 saturated carbocycles. The molecule has 0 N–H and O–H groups in total. The lowest BCUT2D eigenvalue weighted by molar-refractivity contribution is -0.140. The summed E-state index contributed by atoms with van der Waals surface area (Å²) >= 11 is 14.8. The summed E-state index contributed by atoms with van der Waals surface area (Å²) in [4.78, 5) is -0.769. The van der Waals surface area contributed by atoms with E-state index in [1.807, 2.05) is 0 Å². The molecule has 0 saturated heterocycles. The van der Waals surface area contributed by atoms with Gasteiger partial charge >= 0.3 is 6.18 Å². The molecule has 0 nitrogen and oxygen atoms in total. The minimum atomic E-state index is -4.75. The Kier molecular flexibility index (Phi) is 4.85. The first-order valence-corrected chi connectivity index (χ1v) is 7.33. The molecule has 0 heterocycles. The zero-order valence-electron chi connectivity index (χ0n) is 10.2. The van der Waals surface area contributed by atoms with Crippen molar-refractivity contribution in [1.29, 1.82) is 0 Å². The van der Waals surface area contributed by atoms with E-state index >= 15 is 0 Å². The minimum absolute atomic E-state index is 0.122. The van der Waals surface area contributed by atoms with Gasteiger partial charge in [0.05, 0.1) is 20.4 Å². The highest BCUT2D eigenvalue weighted by atomic mass is 79.9. The highest BCUT2D eigenvalue weighted by Gasteiger charge is 2.35. The lowest BCUT2D eigenvalue weighted by atomic mass is 10.0. The summed E-state index contributed by atoms with van der Waals surface area (Å²) < 4.78 is 52.2. The molecule has 1 unspecified atom stereocenters. The van der Waals surface area contributed by atoms with Crippen molar-refractivity contribution in [3.63, 3.8) is 0 Å². The van der Waals surface area contributed by atoms with E-state index in [0.717, 1.165) is 6.07 Å². The molecule has 0 spiro atoms. The zero-order valence-corrected chi connectivity index (χ0v) is 13.3. The molecular weight excluding hydrogens is 395 g/mol. The van der Waals surface area contributed by atoms with Crippen LogP contribution in [0.5, 0.6) is 0 Å². The van der Waals surface area contributed by atoms with Gasteiger partial charge in [0, 0.05) is 5.56 Å². The first-order valence-electron chi connectivity index (χ1n) is 5.66. The van der Waals surface area contributed by atoms with Crippen molar-refractivity contribution >= 4 is 39.1 Å². The molecule has 0 aliphatic rings. The Bertz CT molecular complexity index is 671. The smallest absolute Gasteiger partial charge is 0.206 e. The van der Waals surface area contributed by atoms with Gasteiger partial charge in [-0.3, -0.25) is 0 Å². The summed E-state index contributed by atoms with van der Waals surface area (Å²) in [5, 5.41) is 0.552. The molecule has 2 aromatic rings. The van der Waals surface area contributed by atoms with Crippen LogP contribution in [0.4, 0.5) is 17.6 Å². The quantitative estimate of drug-likeness (QED) is 0.391. The van der Waals surface area contributed by atoms with Crippen LogP contribution in [0.1, 0.15) is 21.5 Å². The van der Waals surface area contributed by atoms with Crippen molar-refractivity contribution in [3.05, 3.63) is 69.0 Å². The van der Waals surface area contributed by atoms with E-state index in [9.17, 15) is 17.6 Å². The summed E-state index contributed by atoms with van der Waals surface area (Å²) in [7, 11) is 0. The maximum atomic E-state index is 14.1. The predicted molar refractivity (Wildman–Crippen MR) is 78.6 cm³/mol. The third kappa shape index (κ3) is 3.52. The van der Waals surface area contributed by atoms with Crippen LogP contribution in [-0.2, 0) is 6.18 Å². The van der Waals surface area contributed by atoms with Crippen LogP contribution in [-0.4, -0.2) is 0 Å². The standard InChI is InChI=1S/C14H7BrCl2F4/c15-12(7-4-5-10(16)11(17)6-7)8-2-1-3-9(13(8)18)14(19,20)21/h1-6,12H. The van der Waals surface area contributed by atoms with E-state index in [4.69, 9.17) is 23.2 Å². The van der Waals surface area contributed by atoms with Gasteiger partial charge in [0.1, 0.15) is 5.82 Å². The second kappa shape index (κ2) is 6.15. The van der Waals surface area contributed by atoms with Crippen molar-refractivity contribution in [1.82, 2.24) is 0 Å². The molecule has 21 heavy (non-hydrogen) atoms. The van der Waals surface area contributed by atoms with Crippen molar-refractivity contribution < 1.29 is 17.6 Å². The van der Waals surface area contributed by atoms with E-state index in [1.54, 1.807) is 6.07 Å². The molecule has 0 fully saturated rings.